The molecule has 4 rings (SSSR count). The van der Waals surface area contributed by atoms with Crippen LogP contribution in [0, 0.1) is 0 Å². The summed E-state index contributed by atoms with van der Waals surface area (Å²) in [5, 5.41) is 5.38. The van der Waals surface area contributed by atoms with E-state index < -0.39 is 29.9 Å². The van der Waals surface area contributed by atoms with E-state index in [1.807, 2.05) is 6.07 Å². The van der Waals surface area contributed by atoms with Gasteiger partial charge in [-0.3, -0.25) is 19.3 Å². The lowest BCUT2D eigenvalue weighted by Gasteiger charge is -2.23. The quantitative estimate of drug-likeness (QED) is 0.637. The van der Waals surface area contributed by atoms with Crippen LogP contribution in [0.4, 0.5) is 16.2 Å². The van der Waals surface area contributed by atoms with Gasteiger partial charge in [0, 0.05) is 34.4 Å². The Morgan fingerprint density at radius 3 is 2.48 bits per heavy atom. The number of anilines is 2. The summed E-state index contributed by atoms with van der Waals surface area (Å²) < 4.78 is 0.689. The van der Waals surface area contributed by atoms with E-state index in [1.54, 1.807) is 54.3 Å². The highest BCUT2D eigenvalue weighted by Crippen LogP contribution is 2.33. The highest BCUT2D eigenvalue weighted by molar-refractivity contribution is 9.10. The number of nitrogens with one attached hydrogen (secondary N) is 2. The molecule has 2 aliphatic heterocycles. The topological polar surface area (TPSA) is 98.8 Å². The lowest BCUT2D eigenvalue weighted by atomic mass is 9.92. The van der Waals surface area contributed by atoms with Crippen molar-refractivity contribution in [2.45, 2.75) is 25.3 Å². The van der Waals surface area contributed by atoms with Gasteiger partial charge >= 0.3 is 6.03 Å². The number of imide groups is 1. The van der Waals surface area contributed by atoms with E-state index in [1.165, 1.54) is 0 Å². The van der Waals surface area contributed by atoms with Gasteiger partial charge in [-0.25, -0.2) is 4.79 Å². The largest absolute Gasteiger partial charge is 0.325 e. The minimum Gasteiger partial charge on any atom is -0.325 e. The molecule has 1 atom stereocenters. The van der Waals surface area contributed by atoms with E-state index in [9.17, 15) is 19.2 Å². The van der Waals surface area contributed by atoms with Crippen LogP contribution in [-0.2, 0) is 19.9 Å². The van der Waals surface area contributed by atoms with E-state index >= 15 is 0 Å². The van der Waals surface area contributed by atoms with Crippen molar-refractivity contribution < 1.29 is 19.2 Å². The zero-order chi connectivity index (χ0) is 22.2. The van der Waals surface area contributed by atoms with E-state index in [2.05, 4.69) is 26.6 Å². The maximum atomic E-state index is 13.0. The molecule has 0 aliphatic carbocycles. The summed E-state index contributed by atoms with van der Waals surface area (Å²) in [5.74, 6) is -0.907. The highest BCUT2D eigenvalue weighted by atomic mass is 79.9. The third-order valence-corrected chi connectivity index (χ3v) is 6.22. The SMILES string of the molecule is C[C@]1(c2ccccc2Br)NC(=O)N(CC(=O)Nc2ccc(N3CCCC3=O)cc2)C1=O. The molecule has 0 aromatic heterocycles. The Morgan fingerprint density at radius 1 is 1.13 bits per heavy atom. The number of hydrogen-bond donors (Lipinski definition) is 2. The standard InChI is InChI=1S/C22H21BrN4O4/c1-22(16-5-2-3-6-17(16)23)20(30)27(21(31)25-22)13-18(28)24-14-8-10-15(11-9-14)26-12-4-7-19(26)29/h2-3,5-6,8-11H,4,7,12-13H2,1H3,(H,24,28)(H,25,31)/t22-/m1/s1. The fourth-order valence-electron chi connectivity index (χ4n) is 3.88. The molecule has 2 aliphatic rings. The number of nitrogens with zero attached hydrogens (tertiary/aromatic N) is 2. The number of carbonyl (C=O) groups is 4. The Labute approximate surface area is 187 Å². The second-order valence-corrected chi connectivity index (χ2v) is 8.52. The Bertz CT molecular complexity index is 1070. The first-order valence-electron chi connectivity index (χ1n) is 9.89. The van der Waals surface area contributed by atoms with Crippen LogP contribution in [0.15, 0.2) is 53.0 Å². The fraction of sp³-hybridized carbons (Fsp3) is 0.273. The van der Waals surface area contributed by atoms with Crippen LogP contribution in [-0.4, -0.2) is 41.7 Å². The molecular weight excluding hydrogens is 464 g/mol. The summed E-state index contributed by atoms with van der Waals surface area (Å²) in [5.41, 5.74) is 0.643. The Morgan fingerprint density at radius 2 is 1.84 bits per heavy atom. The first-order valence-corrected chi connectivity index (χ1v) is 10.7. The molecule has 160 valence electrons. The molecule has 2 N–H and O–H groups in total. The number of benzene rings is 2. The number of halogens is 1. The molecule has 2 saturated heterocycles. The van der Waals surface area contributed by atoms with Gasteiger partial charge in [-0.05, 0) is 43.7 Å². The van der Waals surface area contributed by atoms with Crippen LogP contribution in [0.3, 0.4) is 0 Å². The van der Waals surface area contributed by atoms with Gasteiger partial charge in [-0.15, -0.1) is 0 Å². The molecule has 8 nitrogen and oxygen atoms in total. The van der Waals surface area contributed by atoms with Crippen molar-refractivity contribution in [3.63, 3.8) is 0 Å². The van der Waals surface area contributed by atoms with E-state index in [-0.39, 0.29) is 5.91 Å². The molecule has 31 heavy (non-hydrogen) atoms. The van der Waals surface area contributed by atoms with Crippen molar-refractivity contribution >= 4 is 51.1 Å². The molecule has 2 heterocycles. The van der Waals surface area contributed by atoms with Crippen molar-refractivity contribution in [1.29, 1.82) is 0 Å². The van der Waals surface area contributed by atoms with Crippen molar-refractivity contribution in [1.82, 2.24) is 10.2 Å². The van der Waals surface area contributed by atoms with Gasteiger partial charge in [-0.1, -0.05) is 34.1 Å². The maximum absolute atomic E-state index is 13.0. The van der Waals surface area contributed by atoms with E-state index in [4.69, 9.17) is 0 Å². The van der Waals surface area contributed by atoms with Crippen molar-refractivity contribution in [3.8, 4) is 0 Å². The third-order valence-electron chi connectivity index (χ3n) is 5.53. The molecule has 5 amide bonds. The fourth-order valence-corrected chi connectivity index (χ4v) is 4.56. The molecule has 0 bridgehead atoms. The summed E-state index contributed by atoms with van der Waals surface area (Å²) in [4.78, 5) is 52.4. The Kier molecular flexibility index (Phi) is 5.53. The maximum Gasteiger partial charge on any atom is 0.325 e. The molecule has 2 aromatic rings. The summed E-state index contributed by atoms with van der Waals surface area (Å²) in [6.07, 6.45) is 1.38. The van der Waals surface area contributed by atoms with Gasteiger partial charge in [-0.2, -0.15) is 0 Å². The van der Waals surface area contributed by atoms with Crippen LogP contribution >= 0.6 is 15.9 Å². The number of carbonyl (C=O) groups excluding carboxylic acids is 4. The molecule has 9 heteroatoms. The highest BCUT2D eigenvalue weighted by Gasteiger charge is 2.50. The van der Waals surface area contributed by atoms with Gasteiger partial charge in [0.25, 0.3) is 5.91 Å². The zero-order valence-electron chi connectivity index (χ0n) is 16.9. The van der Waals surface area contributed by atoms with Crippen LogP contribution in [0.5, 0.6) is 0 Å². The predicted octanol–water partition coefficient (Wildman–Crippen LogP) is 2.98. The summed E-state index contributed by atoms with van der Waals surface area (Å²) >= 11 is 3.41. The zero-order valence-corrected chi connectivity index (χ0v) is 18.4. The first-order chi connectivity index (χ1) is 14.8. The minimum atomic E-state index is -1.26. The summed E-state index contributed by atoms with van der Waals surface area (Å²) in [7, 11) is 0. The predicted molar refractivity (Wildman–Crippen MR) is 118 cm³/mol. The Hall–Kier alpha value is -3.20. The second kappa shape index (κ2) is 8.14. The molecule has 0 unspecified atom stereocenters. The average Bonchev–Trinajstić information content (AvgIpc) is 3.26. The summed E-state index contributed by atoms with van der Waals surface area (Å²) in [6, 6.07) is 13.4. The molecule has 2 fully saturated rings. The molecule has 0 saturated carbocycles. The molecule has 0 radical (unpaired) electrons. The van der Waals surface area contributed by atoms with Gasteiger partial charge in [0.15, 0.2) is 0 Å². The van der Waals surface area contributed by atoms with Gasteiger partial charge in [0.2, 0.25) is 11.8 Å². The second-order valence-electron chi connectivity index (χ2n) is 7.67. The van der Waals surface area contributed by atoms with E-state index in [0.717, 1.165) is 17.0 Å². The average molecular weight is 485 g/mol. The molecule has 2 aromatic carbocycles. The summed E-state index contributed by atoms with van der Waals surface area (Å²) in [6.45, 7) is 1.90. The normalized spacial score (nSPS) is 20.9. The van der Waals surface area contributed by atoms with Gasteiger partial charge in [0.05, 0.1) is 0 Å². The molecular formula is C22H21BrN4O4. The Balaban J connectivity index is 1.43. The van der Waals surface area contributed by atoms with Crippen molar-refractivity contribution in [2.24, 2.45) is 0 Å². The smallest absolute Gasteiger partial charge is 0.325 e. The van der Waals surface area contributed by atoms with E-state index in [0.29, 0.717) is 28.7 Å². The van der Waals surface area contributed by atoms with Crippen LogP contribution in [0.1, 0.15) is 25.3 Å². The first kappa shape index (κ1) is 21.0. The third kappa shape index (κ3) is 3.93. The van der Waals surface area contributed by atoms with Crippen LogP contribution in [0.2, 0.25) is 0 Å². The van der Waals surface area contributed by atoms with Crippen LogP contribution < -0.4 is 15.5 Å². The lowest BCUT2D eigenvalue weighted by Crippen LogP contribution is -2.42. The van der Waals surface area contributed by atoms with Gasteiger partial charge in [0.1, 0.15) is 12.1 Å². The number of hydrogen-bond acceptors (Lipinski definition) is 4. The number of rotatable bonds is 5. The number of urea groups is 1. The number of amides is 5. The van der Waals surface area contributed by atoms with Gasteiger partial charge < -0.3 is 15.5 Å². The monoisotopic (exact) mass is 484 g/mol. The molecule has 0 spiro atoms. The van der Waals surface area contributed by atoms with Crippen LogP contribution in [0.25, 0.3) is 0 Å². The van der Waals surface area contributed by atoms with Crippen molar-refractivity contribution in [3.05, 3.63) is 58.6 Å². The lowest BCUT2D eigenvalue weighted by molar-refractivity contribution is -0.133. The van der Waals surface area contributed by atoms with Crippen molar-refractivity contribution in [2.75, 3.05) is 23.3 Å². The minimum absolute atomic E-state index is 0.0865.